The Morgan fingerprint density at radius 2 is 1.87 bits per heavy atom. The van der Waals surface area contributed by atoms with E-state index in [-0.39, 0.29) is 5.91 Å². The Labute approximate surface area is 93.0 Å². The van der Waals surface area contributed by atoms with Gasteiger partial charge in [0.1, 0.15) is 0 Å². The molecule has 1 aliphatic carbocycles. The highest BCUT2D eigenvalue weighted by Crippen LogP contribution is 2.27. The van der Waals surface area contributed by atoms with E-state index >= 15 is 0 Å². The summed E-state index contributed by atoms with van der Waals surface area (Å²) in [5.41, 5.74) is 5.62. The molecule has 0 bridgehead atoms. The van der Waals surface area contributed by atoms with Gasteiger partial charge in [0.15, 0.2) is 0 Å². The van der Waals surface area contributed by atoms with Crippen LogP contribution in [0.3, 0.4) is 0 Å². The van der Waals surface area contributed by atoms with Crippen molar-refractivity contribution in [2.24, 2.45) is 11.7 Å². The van der Waals surface area contributed by atoms with Crippen LogP contribution in [-0.4, -0.2) is 29.9 Å². The molecule has 0 spiro atoms. The van der Waals surface area contributed by atoms with Gasteiger partial charge in [0.05, 0.1) is 5.54 Å². The fraction of sp³-hybridized carbons (Fsp3) is 0.917. The van der Waals surface area contributed by atoms with Crippen molar-refractivity contribution in [1.82, 2.24) is 4.90 Å². The molecular weight excluding hydrogens is 188 g/mol. The number of carbonyl (C=O) groups is 1. The van der Waals surface area contributed by atoms with Gasteiger partial charge in [-0.2, -0.15) is 0 Å². The molecule has 1 aliphatic rings. The third-order valence-electron chi connectivity index (χ3n) is 3.16. The second kappa shape index (κ2) is 4.97. The predicted molar refractivity (Wildman–Crippen MR) is 62.5 cm³/mol. The number of nitrogens with zero attached hydrogens (tertiary/aromatic N) is 1. The number of hydrogen-bond donors (Lipinski definition) is 1. The minimum Gasteiger partial charge on any atom is -0.344 e. The Kier molecular flexibility index (Phi) is 4.14. The standard InChI is InChI=1S/C12H24N2O/c1-10(2)9-14(3)11(15)12(13)7-5-4-6-8-12/h10H,4-9,13H2,1-3H3. The molecule has 0 aromatic heterocycles. The fourth-order valence-corrected chi connectivity index (χ4v) is 2.41. The highest BCUT2D eigenvalue weighted by molar-refractivity contribution is 5.86. The zero-order chi connectivity index (χ0) is 11.5. The minimum absolute atomic E-state index is 0.135. The largest absolute Gasteiger partial charge is 0.344 e. The van der Waals surface area contributed by atoms with Gasteiger partial charge in [-0.25, -0.2) is 0 Å². The quantitative estimate of drug-likeness (QED) is 0.775. The van der Waals surface area contributed by atoms with Crippen molar-refractivity contribution in [2.45, 2.75) is 51.5 Å². The molecule has 15 heavy (non-hydrogen) atoms. The summed E-state index contributed by atoms with van der Waals surface area (Å²) in [5, 5.41) is 0. The topological polar surface area (TPSA) is 46.3 Å². The molecule has 3 nitrogen and oxygen atoms in total. The smallest absolute Gasteiger partial charge is 0.242 e. The molecule has 1 saturated carbocycles. The Morgan fingerprint density at radius 1 is 1.33 bits per heavy atom. The number of nitrogens with two attached hydrogens (primary N) is 1. The van der Waals surface area contributed by atoms with Crippen LogP contribution in [0.15, 0.2) is 0 Å². The van der Waals surface area contributed by atoms with Crippen molar-refractivity contribution in [1.29, 1.82) is 0 Å². The van der Waals surface area contributed by atoms with Crippen LogP contribution in [0.5, 0.6) is 0 Å². The van der Waals surface area contributed by atoms with E-state index < -0.39 is 5.54 Å². The normalized spacial score (nSPS) is 20.3. The summed E-state index contributed by atoms with van der Waals surface area (Å²) < 4.78 is 0. The molecule has 0 saturated heterocycles. The monoisotopic (exact) mass is 212 g/mol. The maximum absolute atomic E-state index is 12.2. The number of hydrogen-bond acceptors (Lipinski definition) is 2. The third kappa shape index (κ3) is 3.20. The fourth-order valence-electron chi connectivity index (χ4n) is 2.41. The SMILES string of the molecule is CC(C)CN(C)C(=O)C1(N)CCCCC1. The first kappa shape index (κ1) is 12.5. The molecule has 1 fully saturated rings. The van der Waals surface area contributed by atoms with Gasteiger partial charge >= 0.3 is 0 Å². The van der Waals surface area contributed by atoms with Crippen molar-refractivity contribution in [3.63, 3.8) is 0 Å². The van der Waals surface area contributed by atoms with E-state index in [1.165, 1.54) is 6.42 Å². The lowest BCUT2D eigenvalue weighted by Crippen LogP contribution is -2.55. The number of amides is 1. The van der Waals surface area contributed by atoms with Gasteiger partial charge in [0, 0.05) is 13.6 Å². The van der Waals surface area contributed by atoms with Crippen LogP contribution in [0.1, 0.15) is 46.0 Å². The Morgan fingerprint density at radius 3 is 2.33 bits per heavy atom. The average molecular weight is 212 g/mol. The van der Waals surface area contributed by atoms with E-state index in [1.807, 2.05) is 7.05 Å². The molecule has 0 unspecified atom stereocenters. The summed E-state index contributed by atoms with van der Waals surface area (Å²) in [6.45, 7) is 5.04. The summed E-state index contributed by atoms with van der Waals surface area (Å²) in [5.74, 6) is 0.641. The van der Waals surface area contributed by atoms with E-state index in [1.54, 1.807) is 4.90 Å². The summed E-state index contributed by atoms with van der Waals surface area (Å²) >= 11 is 0. The Balaban J connectivity index is 2.57. The summed E-state index contributed by atoms with van der Waals surface area (Å²) in [6.07, 6.45) is 5.12. The van der Waals surface area contributed by atoms with Crippen molar-refractivity contribution < 1.29 is 4.79 Å². The van der Waals surface area contributed by atoms with Gasteiger partial charge in [-0.3, -0.25) is 4.79 Å². The molecule has 0 aliphatic heterocycles. The predicted octanol–water partition coefficient (Wildman–Crippen LogP) is 1.76. The van der Waals surface area contributed by atoms with E-state index in [9.17, 15) is 4.79 Å². The molecule has 0 atom stereocenters. The molecule has 0 aromatic carbocycles. The zero-order valence-corrected chi connectivity index (χ0v) is 10.3. The highest BCUT2D eigenvalue weighted by Gasteiger charge is 2.37. The summed E-state index contributed by atoms with van der Waals surface area (Å²) in [7, 11) is 1.87. The first-order valence-corrected chi connectivity index (χ1v) is 6.00. The van der Waals surface area contributed by atoms with Gasteiger partial charge in [-0.15, -0.1) is 0 Å². The second-order valence-corrected chi connectivity index (χ2v) is 5.30. The lowest BCUT2D eigenvalue weighted by atomic mass is 9.81. The number of carbonyl (C=O) groups excluding carboxylic acids is 1. The number of rotatable bonds is 3. The average Bonchev–Trinajstić information content (AvgIpc) is 2.16. The molecule has 1 rings (SSSR count). The Bertz CT molecular complexity index is 220. The minimum atomic E-state index is -0.568. The van der Waals surface area contributed by atoms with Gasteiger partial charge in [-0.05, 0) is 18.8 Å². The lowest BCUT2D eigenvalue weighted by Gasteiger charge is -2.35. The highest BCUT2D eigenvalue weighted by atomic mass is 16.2. The van der Waals surface area contributed by atoms with Crippen LogP contribution < -0.4 is 5.73 Å². The lowest BCUT2D eigenvalue weighted by molar-refractivity contribution is -0.137. The van der Waals surface area contributed by atoms with Crippen LogP contribution in [0.25, 0.3) is 0 Å². The third-order valence-corrected chi connectivity index (χ3v) is 3.16. The summed E-state index contributed by atoms with van der Waals surface area (Å²) in [4.78, 5) is 14.0. The van der Waals surface area contributed by atoms with E-state index in [0.29, 0.717) is 5.92 Å². The van der Waals surface area contributed by atoms with Crippen LogP contribution in [0, 0.1) is 5.92 Å². The van der Waals surface area contributed by atoms with Gasteiger partial charge in [-0.1, -0.05) is 33.1 Å². The van der Waals surface area contributed by atoms with Crippen LogP contribution in [0.4, 0.5) is 0 Å². The van der Waals surface area contributed by atoms with Crippen molar-refractivity contribution in [3.8, 4) is 0 Å². The second-order valence-electron chi connectivity index (χ2n) is 5.30. The molecular formula is C12H24N2O. The number of likely N-dealkylation sites (N-methyl/N-ethyl adjacent to an activating group) is 1. The molecule has 0 heterocycles. The van der Waals surface area contributed by atoms with E-state index in [2.05, 4.69) is 13.8 Å². The van der Waals surface area contributed by atoms with Gasteiger partial charge < -0.3 is 10.6 Å². The van der Waals surface area contributed by atoms with Crippen LogP contribution >= 0.6 is 0 Å². The van der Waals surface area contributed by atoms with E-state index in [0.717, 1.165) is 32.2 Å². The molecule has 3 heteroatoms. The zero-order valence-electron chi connectivity index (χ0n) is 10.3. The summed E-state index contributed by atoms with van der Waals surface area (Å²) in [6, 6.07) is 0. The van der Waals surface area contributed by atoms with Crippen molar-refractivity contribution in [2.75, 3.05) is 13.6 Å². The van der Waals surface area contributed by atoms with Crippen molar-refractivity contribution in [3.05, 3.63) is 0 Å². The molecule has 1 amide bonds. The van der Waals surface area contributed by atoms with Gasteiger partial charge in [0.2, 0.25) is 5.91 Å². The van der Waals surface area contributed by atoms with Gasteiger partial charge in [0.25, 0.3) is 0 Å². The maximum atomic E-state index is 12.2. The maximum Gasteiger partial charge on any atom is 0.242 e. The van der Waals surface area contributed by atoms with Crippen LogP contribution in [-0.2, 0) is 4.79 Å². The van der Waals surface area contributed by atoms with Crippen molar-refractivity contribution >= 4 is 5.91 Å². The first-order chi connectivity index (χ1) is 6.96. The molecule has 2 N–H and O–H groups in total. The van der Waals surface area contributed by atoms with Crippen LogP contribution in [0.2, 0.25) is 0 Å². The molecule has 88 valence electrons. The molecule has 0 radical (unpaired) electrons. The van der Waals surface area contributed by atoms with E-state index in [4.69, 9.17) is 5.73 Å². The Hall–Kier alpha value is -0.570. The first-order valence-electron chi connectivity index (χ1n) is 6.00. The molecule has 0 aromatic rings.